The molecule has 0 bridgehead atoms. The van der Waals surface area contributed by atoms with Crippen LogP contribution in [0.25, 0.3) is 0 Å². The van der Waals surface area contributed by atoms with Crippen molar-refractivity contribution >= 4 is 5.91 Å². The Hall–Kier alpha value is -0.610. The minimum atomic E-state index is 0.215. The zero-order valence-corrected chi connectivity index (χ0v) is 11.7. The molecule has 1 aliphatic heterocycles. The Morgan fingerprint density at radius 1 is 1.39 bits per heavy atom. The number of amides is 1. The summed E-state index contributed by atoms with van der Waals surface area (Å²) >= 11 is 0. The van der Waals surface area contributed by atoms with Gasteiger partial charge in [-0.25, -0.2) is 0 Å². The largest absolute Gasteiger partial charge is 0.385 e. The van der Waals surface area contributed by atoms with Gasteiger partial charge in [-0.15, -0.1) is 0 Å². The van der Waals surface area contributed by atoms with Gasteiger partial charge >= 0.3 is 0 Å². The molecule has 0 aromatic rings. The average molecular weight is 254 g/mol. The first kappa shape index (κ1) is 13.8. The van der Waals surface area contributed by atoms with Gasteiger partial charge in [0, 0.05) is 46.3 Å². The number of ether oxygens (including phenoxy) is 1. The minimum Gasteiger partial charge on any atom is -0.385 e. The highest BCUT2D eigenvalue weighted by atomic mass is 16.5. The normalized spacial score (nSPS) is 23.1. The van der Waals surface area contributed by atoms with Gasteiger partial charge in [0.25, 0.3) is 0 Å². The molecular formula is C14H26N2O2. The average Bonchev–Trinajstić information content (AvgIpc) is 3.15. The van der Waals surface area contributed by atoms with Crippen LogP contribution in [0.5, 0.6) is 0 Å². The molecule has 0 spiro atoms. The van der Waals surface area contributed by atoms with Crippen LogP contribution in [-0.2, 0) is 9.53 Å². The lowest BCUT2D eigenvalue weighted by molar-refractivity contribution is -0.129. The number of carbonyl (C=O) groups excluding carboxylic acids is 1. The molecular weight excluding hydrogens is 228 g/mol. The van der Waals surface area contributed by atoms with Crippen molar-refractivity contribution in [2.24, 2.45) is 5.41 Å². The van der Waals surface area contributed by atoms with E-state index in [9.17, 15) is 4.79 Å². The van der Waals surface area contributed by atoms with Crippen LogP contribution in [-0.4, -0.2) is 50.2 Å². The van der Waals surface area contributed by atoms with Crippen molar-refractivity contribution in [3.63, 3.8) is 0 Å². The van der Waals surface area contributed by atoms with Crippen LogP contribution in [0.3, 0.4) is 0 Å². The monoisotopic (exact) mass is 254 g/mol. The molecule has 0 atom stereocenters. The number of carbonyl (C=O) groups is 1. The highest BCUT2D eigenvalue weighted by molar-refractivity contribution is 5.73. The molecule has 2 aliphatic rings. The van der Waals surface area contributed by atoms with Crippen molar-refractivity contribution in [2.45, 2.75) is 45.1 Å². The Morgan fingerprint density at radius 3 is 2.56 bits per heavy atom. The van der Waals surface area contributed by atoms with Crippen molar-refractivity contribution in [3.05, 3.63) is 0 Å². The van der Waals surface area contributed by atoms with Gasteiger partial charge in [0.2, 0.25) is 5.91 Å². The molecule has 0 aromatic carbocycles. The van der Waals surface area contributed by atoms with E-state index in [-0.39, 0.29) is 5.91 Å². The summed E-state index contributed by atoms with van der Waals surface area (Å²) in [5.74, 6) is 0.215. The summed E-state index contributed by atoms with van der Waals surface area (Å²) in [6.45, 7) is 5.50. The fourth-order valence-electron chi connectivity index (χ4n) is 2.77. The highest BCUT2D eigenvalue weighted by Crippen LogP contribution is 2.48. The standard InChI is InChI=1S/C14H26N2O2/c1-12(17)16-8-3-13(4-9-16)15-11-14(5-6-14)7-10-18-2/h13,15H,3-11H2,1-2H3. The summed E-state index contributed by atoms with van der Waals surface area (Å²) in [5.41, 5.74) is 0.522. The first-order valence-corrected chi connectivity index (χ1v) is 7.13. The molecule has 2 rings (SSSR count). The van der Waals surface area contributed by atoms with E-state index in [2.05, 4.69) is 5.32 Å². The maximum absolute atomic E-state index is 11.2. The van der Waals surface area contributed by atoms with Crippen molar-refractivity contribution in [1.82, 2.24) is 10.2 Å². The van der Waals surface area contributed by atoms with E-state index in [1.54, 1.807) is 14.0 Å². The second-order valence-electron chi connectivity index (χ2n) is 5.90. The molecule has 2 fully saturated rings. The van der Waals surface area contributed by atoms with Gasteiger partial charge in [-0.05, 0) is 37.5 Å². The van der Waals surface area contributed by atoms with Gasteiger partial charge in [0.1, 0.15) is 0 Å². The van der Waals surface area contributed by atoms with E-state index in [1.165, 1.54) is 19.3 Å². The second-order valence-corrected chi connectivity index (χ2v) is 5.90. The van der Waals surface area contributed by atoms with Gasteiger partial charge in [-0.1, -0.05) is 0 Å². The number of piperidine rings is 1. The van der Waals surface area contributed by atoms with Crippen LogP contribution in [0.2, 0.25) is 0 Å². The van der Waals surface area contributed by atoms with Gasteiger partial charge in [0.05, 0.1) is 0 Å². The summed E-state index contributed by atoms with van der Waals surface area (Å²) < 4.78 is 5.18. The SMILES string of the molecule is COCCC1(CNC2CCN(C(C)=O)CC2)CC1. The molecule has 1 saturated heterocycles. The molecule has 0 unspecified atom stereocenters. The van der Waals surface area contributed by atoms with Gasteiger partial charge in [-0.3, -0.25) is 4.79 Å². The lowest BCUT2D eigenvalue weighted by atomic mass is 10.00. The fourth-order valence-corrected chi connectivity index (χ4v) is 2.77. The number of methoxy groups -OCH3 is 1. The molecule has 1 amide bonds. The van der Waals surface area contributed by atoms with Crippen LogP contribution in [0.15, 0.2) is 0 Å². The van der Waals surface area contributed by atoms with Crippen LogP contribution in [0.1, 0.15) is 39.0 Å². The van der Waals surface area contributed by atoms with E-state index in [4.69, 9.17) is 4.74 Å². The number of likely N-dealkylation sites (tertiary alicyclic amines) is 1. The molecule has 1 N–H and O–H groups in total. The maximum atomic E-state index is 11.2. The Balaban J connectivity index is 1.65. The molecule has 0 radical (unpaired) electrons. The maximum Gasteiger partial charge on any atom is 0.219 e. The Labute approximate surface area is 110 Å². The van der Waals surface area contributed by atoms with E-state index in [1.807, 2.05) is 4.90 Å². The number of nitrogens with zero attached hydrogens (tertiary/aromatic N) is 1. The van der Waals surface area contributed by atoms with Crippen molar-refractivity contribution in [2.75, 3.05) is 33.4 Å². The Morgan fingerprint density at radius 2 is 2.06 bits per heavy atom. The van der Waals surface area contributed by atoms with Gasteiger partial charge in [0.15, 0.2) is 0 Å². The zero-order chi connectivity index (χ0) is 13.0. The van der Waals surface area contributed by atoms with Crippen molar-refractivity contribution in [1.29, 1.82) is 0 Å². The number of hydrogen-bond acceptors (Lipinski definition) is 3. The van der Waals surface area contributed by atoms with Gasteiger partial charge in [-0.2, -0.15) is 0 Å². The summed E-state index contributed by atoms with van der Waals surface area (Å²) in [6, 6.07) is 0.598. The summed E-state index contributed by atoms with van der Waals surface area (Å²) in [6.07, 6.45) is 6.06. The Bertz CT molecular complexity index is 282. The van der Waals surface area contributed by atoms with E-state index >= 15 is 0 Å². The van der Waals surface area contributed by atoms with Crippen LogP contribution in [0, 0.1) is 5.41 Å². The molecule has 1 aliphatic carbocycles. The highest BCUT2D eigenvalue weighted by Gasteiger charge is 2.42. The molecule has 4 nitrogen and oxygen atoms in total. The third kappa shape index (κ3) is 3.69. The van der Waals surface area contributed by atoms with Crippen LogP contribution < -0.4 is 5.32 Å². The van der Waals surface area contributed by atoms with E-state index < -0.39 is 0 Å². The number of hydrogen-bond donors (Lipinski definition) is 1. The van der Waals surface area contributed by atoms with Crippen molar-refractivity contribution in [3.8, 4) is 0 Å². The molecule has 18 heavy (non-hydrogen) atoms. The zero-order valence-electron chi connectivity index (χ0n) is 11.7. The molecule has 1 saturated carbocycles. The lowest BCUT2D eigenvalue weighted by Crippen LogP contribution is -2.45. The summed E-state index contributed by atoms with van der Waals surface area (Å²) in [5, 5.41) is 3.70. The predicted molar refractivity (Wildman–Crippen MR) is 71.4 cm³/mol. The molecule has 104 valence electrons. The lowest BCUT2D eigenvalue weighted by Gasteiger charge is -2.32. The molecule has 0 aromatic heterocycles. The minimum absolute atomic E-state index is 0.215. The molecule has 4 heteroatoms. The van der Waals surface area contributed by atoms with Gasteiger partial charge < -0.3 is 15.0 Å². The van der Waals surface area contributed by atoms with Crippen LogP contribution in [0.4, 0.5) is 0 Å². The number of rotatable bonds is 6. The first-order valence-electron chi connectivity index (χ1n) is 7.13. The topological polar surface area (TPSA) is 41.6 Å². The second kappa shape index (κ2) is 6.02. The first-order chi connectivity index (χ1) is 8.65. The smallest absolute Gasteiger partial charge is 0.219 e. The van der Waals surface area contributed by atoms with Crippen molar-refractivity contribution < 1.29 is 9.53 Å². The quantitative estimate of drug-likeness (QED) is 0.779. The summed E-state index contributed by atoms with van der Waals surface area (Å²) in [4.78, 5) is 13.2. The third-order valence-corrected chi connectivity index (χ3v) is 4.50. The van der Waals surface area contributed by atoms with E-state index in [0.29, 0.717) is 11.5 Å². The summed E-state index contributed by atoms with van der Waals surface area (Å²) in [7, 11) is 1.78. The molecule has 1 heterocycles. The fraction of sp³-hybridized carbons (Fsp3) is 0.929. The van der Waals surface area contributed by atoms with E-state index in [0.717, 1.165) is 39.1 Å². The van der Waals surface area contributed by atoms with Crippen LogP contribution >= 0.6 is 0 Å². The predicted octanol–water partition coefficient (Wildman–Crippen LogP) is 1.40. The Kier molecular flexibility index (Phi) is 4.62. The number of nitrogens with one attached hydrogen (secondary N) is 1. The third-order valence-electron chi connectivity index (χ3n) is 4.50.